The molecule has 0 heterocycles. The van der Waals surface area contributed by atoms with Crippen LogP contribution in [0.15, 0.2) is 42.5 Å². The van der Waals surface area contributed by atoms with Crippen LogP contribution in [0.1, 0.15) is 12.0 Å². The predicted molar refractivity (Wildman–Crippen MR) is 92.5 cm³/mol. The number of carbonyl (C=O) groups excluding carboxylic acids is 1. The topological polar surface area (TPSA) is 44.4 Å². The number of nitrogens with one attached hydrogen (secondary N) is 2. The van der Waals surface area contributed by atoms with E-state index in [1.165, 1.54) is 11.6 Å². The second-order valence-electron chi connectivity index (χ2n) is 5.64. The van der Waals surface area contributed by atoms with Gasteiger partial charge in [-0.15, -0.1) is 0 Å². The Bertz CT molecular complexity index is 667. The normalized spacial score (nSPS) is 10.3. The molecule has 2 rings (SSSR count). The summed E-state index contributed by atoms with van der Waals surface area (Å²) in [6, 6.07) is 11.0. The number of halogens is 2. The van der Waals surface area contributed by atoms with Gasteiger partial charge < -0.3 is 15.5 Å². The number of amides is 2. The standard InChI is InChI=1S/C18H21F2N3O/c1-23(2)14-10-8-13(9-11-14)5-4-12-21-18(24)22-17-15(19)6-3-7-16(17)20/h3,6-11H,4-5,12H2,1-2H3,(H2,21,22,24). The first-order valence-electron chi connectivity index (χ1n) is 7.72. The van der Waals surface area contributed by atoms with Crippen molar-refractivity contribution in [2.45, 2.75) is 12.8 Å². The number of para-hydroxylation sites is 1. The molecule has 0 aliphatic heterocycles. The van der Waals surface area contributed by atoms with Gasteiger partial charge in [0.05, 0.1) is 0 Å². The lowest BCUT2D eigenvalue weighted by Crippen LogP contribution is -2.30. The highest BCUT2D eigenvalue weighted by atomic mass is 19.1. The van der Waals surface area contributed by atoms with Gasteiger partial charge in [0, 0.05) is 26.3 Å². The number of urea groups is 1. The molecule has 0 bridgehead atoms. The highest BCUT2D eigenvalue weighted by Gasteiger charge is 2.11. The number of aryl methyl sites for hydroxylation is 1. The van der Waals surface area contributed by atoms with Gasteiger partial charge in [0.1, 0.15) is 17.3 Å². The van der Waals surface area contributed by atoms with Gasteiger partial charge in [-0.3, -0.25) is 0 Å². The lowest BCUT2D eigenvalue weighted by Gasteiger charge is -2.12. The van der Waals surface area contributed by atoms with Crippen LogP contribution in [0.3, 0.4) is 0 Å². The lowest BCUT2D eigenvalue weighted by molar-refractivity contribution is 0.251. The molecule has 0 saturated carbocycles. The molecule has 2 N–H and O–H groups in total. The zero-order chi connectivity index (χ0) is 17.5. The third-order valence-corrected chi connectivity index (χ3v) is 3.58. The van der Waals surface area contributed by atoms with E-state index in [0.29, 0.717) is 6.54 Å². The Kier molecular flexibility index (Phi) is 6.12. The summed E-state index contributed by atoms with van der Waals surface area (Å²) in [6.45, 7) is 0.414. The number of hydrogen-bond donors (Lipinski definition) is 2. The van der Waals surface area contributed by atoms with Crippen LogP contribution in [0.5, 0.6) is 0 Å². The molecular weight excluding hydrogens is 312 g/mol. The molecule has 2 amide bonds. The Labute approximate surface area is 140 Å². The van der Waals surface area contributed by atoms with Crippen molar-refractivity contribution in [3.05, 3.63) is 59.7 Å². The molecule has 24 heavy (non-hydrogen) atoms. The Morgan fingerprint density at radius 2 is 1.67 bits per heavy atom. The predicted octanol–water partition coefficient (Wildman–Crippen LogP) is 3.79. The molecule has 0 atom stereocenters. The average molecular weight is 333 g/mol. The van der Waals surface area contributed by atoms with Crippen LogP contribution < -0.4 is 15.5 Å². The second-order valence-corrected chi connectivity index (χ2v) is 5.64. The molecule has 0 aromatic heterocycles. The van der Waals surface area contributed by atoms with E-state index in [9.17, 15) is 13.6 Å². The van der Waals surface area contributed by atoms with Crippen molar-refractivity contribution >= 4 is 17.4 Å². The Hall–Kier alpha value is -2.63. The molecular formula is C18H21F2N3O. The smallest absolute Gasteiger partial charge is 0.319 e. The summed E-state index contributed by atoms with van der Waals surface area (Å²) < 4.78 is 26.8. The van der Waals surface area contributed by atoms with Crippen LogP contribution in [-0.2, 0) is 6.42 Å². The fourth-order valence-corrected chi connectivity index (χ4v) is 2.23. The number of nitrogens with zero attached hydrogens (tertiary/aromatic N) is 1. The number of rotatable bonds is 6. The van der Waals surface area contributed by atoms with Gasteiger partial charge in [-0.1, -0.05) is 18.2 Å². The number of benzene rings is 2. The fraction of sp³-hybridized carbons (Fsp3) is 0.278. The quantitative estimate of drug-likeness (QED) is 0.790. The van der Waals surface area contributed by atoms with E-state index in [1.807, 2.05) is 43.3 Å². The van der Waals surface area contributed by atoms with Crippen LogP contribution in [0.25, 0.3) is 0 Å². The van der Waals surface area contributed by atoms with Gasteiger partial charge >= 0.3 is 6.03 Å². The molecule has 6 heteroatoms. The first kappa shape index (κ1) is 17.7. The summed E-state index contributed by atoms with van der Waals surface area (Å²) >= 11 is 0. The summed E-state index contributed by atoms with van der Waals surface area (Å²) in [5, 5.41) is 4.79. The molecule has 0 radical (unpaired) electrons. The second kappa shape index (κ2) is 8.29. The minimum Gasteiger partial charge on any atom is -0.378 e. The summed E-state index contributed by atoms with van der Waals surface area (Å²) in [4.78, 5) is 13.7. The van der Waals surface area contributed by atoms with Gasteiger partial charge in [0.2, 0.25) is 0 Å². The first-order chi connectivity index (χ1) is 11.5. The van der Waals surface area contributed by atoms with Crippen LogP contribution in [0.4, 0.5) is 25.0 Å². The molecule has 0 spiro atoms. The van der Waals surface area contributed by atoms with E-state index in [4.69, 9.17) is 0 Å². The van der Waals surface area contributed by atoms with Crippen LogP contribution in [0.2, 0.25) is 0 Å². The minimum atomic E-state index is -0.800. The molecule has 0 fully saturated rings. The zero-order valence-corrected chi connectivity index (χ0v) is 13.8. The van der Waals surface area contributed by atoms with E-state index in [1.54, 1.807) is 0 Å². The van der Waals surface area contributed by atoms with Crippen molar-refractivity contribution in [2.24, 2.45) is 0 Å². The Morgan fingerprint density at radius 3 is 2.25 bits per heavy atom. The van der Waals surface area contributed by atoms with E-state index in [0.717, 1.165) is 30.7 Å². The highest BCUT2D eigenvalue weighted by molar-refractivity contribution is 5.89. The number of carbonyl (C=O) groups is 1. The molecule has 4 nitrogen and oxygen atoms in total. The fourth-order valence-electron chi connectivity index (χ4n) is 2.23. The molecule has 0 aliphatic carbocycles. The minimum absolute atomic E-state index is 0.414. The third-order valence-electron chi connectivity index (χ3n) is 3.58. The maximum atomic E-state index is 13.4. The average Bonchev–Trinajstić information content (AvgIpc) is 2.55. The molecule has 2 aromatic rings. The maximum absolute atomic E-state index is 13.4. The SMILES string of the molecule is CN(C)c1ccc(CCCNC(=O)Nc2c(F)cccc2F)cc1. The number of hydrogen-bond acceptors (Lipinski definition) is 2. The third kappa shape index (κ3) is 4.94. The van der Waals surface area contributed by atoms with Crippen molar-refractivity contribution in [3.8, 4) is 0 Å². The summed E-state index contributed by atoms with van der Waals surface area (Å²) in [5.41, 5.74) is 1.86. The number of anilines is 2. The van der Waals surface area contributed by atoms with Crippen molar-refractivity contribution in [1.29, 1.82) is 0 Å². The Morgan fingerprint density at radius 1 is 1.04 bits per heavy atom. The summed E-state index contributed by atoms with van der Waals surface area (Å²) in [6.07, 6.45) is 1.54. The van der Waals surface area contributed by atoms with Crippen LogP contribution >= 0.6 is 0 Å². The van der Waals surface area contributed by atoms with Crippen molar-refractivity contribution in [1.82, 2.24) is 5.32 Å². The van der Waals surface area contributed by atoms with Crippen molar-refractivity contribution < 1.29 is 13.6 Å². The summed E-state index contributed by atoms with van der Waals surface area (Å²) in [5.74, 6) is -1.60. The first-order valence-corrected chi connectivity index (χ1v) is 7.72. The monoisotopic (exact) mass is 333 g/mol. The zero-order valence-electron chi connectivity index (χ0n) is 13.8. The molecule has 0 saturated heterocycles. The van der Waals surface area contributed by atoms with Crippen molar-refractivity contribution in [3.63, 3.8) is 0 Å². The molecule has 128 valence electrons. The van der Waals surface area contributed by atoms with Gasteiger partial charge in [-0.05, 0) is 42.7 Å². The van der Waals surface area contributed by atoms with Crippen LogP contribution in [0, 0.1) is 11.6 Å². The maximum Gasteiger partial charge on any atom is 0.319 e. The van der Waals surface area contributed by atoms with Gasteiger partial charge in [-0.25, -0.2) is 13.6 Å². The molecule has 2 aromatic carbocycles. The highest BCUT2D eigenvalue weighted by Crippen LogP contribution is 2.17. The Balaban J connectivity index is 1.75. The van der Waals surface area contributed by atoms with Gasteiger partial charge in [0.25, 0.3) is 0 Å². The summed E-state index contributed by atoms with van der Waals surface area (Å²) in [7, 11) is 3.96. The molecule has 0 aliphatic rings. The van der Waals surface area contributed by atoms with Crippen molar-refractivity contribution in [2.75, 3.05) is 30.9 Å². The van der Waals surface area contributed by atoms with E-state index >= 15 is 0 Å². The van der Waals surface area contributed by atoms with E-state index in [-0.39, 0.29) is 0 Å². The largest absolute Gasteiger partial charge is 0.378 e. The van der Waals surface area contributed by atoms with E-state index < -0.39 is 23.4 Å². The molecule has 0 unspecified atom stereocenters. The van der Waals surface area contributed by atoms with Gasteiger partial charge in [0.15, 0.2) is 0 Å². The van der Waals surface area contributed by atoms with E-state index in [2.05, 4.69) is 10.6 Å². The van der Waals surface area contributed by atoms with Gasteiger partial charge in [-0.2, -0.15) is 0 Å². The lowest BCUT2D eigenvalue weighted by atomic mass is 10.1. The van der Waals surface area contributed by atoms with Crippen LogP contribution in [-0.4, -0.2) is 26.7 Å².